The van der Waals surface area contributed by atoms with E-state index >= 15 is 0 Å². The van der Waals surface area contributed by atoms with E-state index in [-0.39, 0.29) is 12.4 Å². The quantitative estimate of drug-likeness (QED) is 0.680. The van der Waals surface area contributed by atoms with E-state index in [2.05, 4.69) is 0 Å². The largest absolute Gasteiger partial charge is 0.396 e. The normalized spacial score (nSPS) is 11.6. The molecule has 0 saturated heterocycles. The van der Waals surface area contributed by atoms with Gasteiger partial charge >= 0.3 is 0 Å². The summed E-state index contributed by atoms with van der Waals surface area (Å²) in [4.78, 5) is 11.3. The molecule has 0 aliphatic carbocycles. The lowest BCUT2D eigenvalue weighted by Crippen LogP contribution is -2.08. The zero-order chi connectivity index (χ0) is 13.1. The first-order chi connectivity index (χ1) is 7.86. The summed E-state index contributed by atoms with van der Waals surface area (Å²) in [6.07, 6.45) is 1.13. The number of halogens is 3. The Morgan fingerprint density at radius 2 is 2.00 bits per heavy atom. The van der Waals surface area contributed by atoms with Crippen molar-refractivity contribution in [1.29, 1.82) is 0 Å². The van der Waals surface area contributed by atoms with Crippen molar-refractivity contribution in [3.63, 3.8) is 0 Å². The molecule has 5 heteroatoms. The van der Waals surface area contributed by atoms with Crippen LogP contribution < -0.4 is 0 Å². The molecule has 1 rings (SSSR count). The average molecular weight is 296 g/mol. The minimum absolute atomic E-state index is 0.0360. The van der Waals surface area contributed by atoms with Gasteiger partial charge in [-0.2, -0.15) is 0 Å². The number of alkyl halides is 3. The van der Waals surface area contributed by atoms with Crippen molar-refractivity contribution in [1.82, 2.24) is 0 Å². The van der Waals surface area contributed by atoms with Gasteiger partial charge in [0.1, 0.15) is 0 Å². The van der Waals surface area contributed by atoms with Crippen molar-refractivity contribution in [3.8, 4) is 0 Å². The van der Waals surface area contributed by atoms with E-state index in [1.165, 1.54) is 6.92 Å². The van der Waals surface area contributed by atoms with Gasteiger partial charge in [-0.15, -0.1) is 0 Å². The molecule has 0 atom stereocenters. The molecule has 0 fully saturated rings. The van der Waals surface area contributed by atoms with E-state index in [1.54, 1.807) is 18.2 Å². The number of hydrogen-bond donors (Lipinski definition) is 1. The molecule has 0 radical (unpaired) electrons. The first-order valence-corrected chi connectivity index (χ1v) is 6.31. The Morgan fingerprint density at radius 1 is 1.35 bits per heavy atom. The topological polar surface area (TPSA) is 37.3 Å². The third-order valence-corrected chi connectivity index (χ3v) is 3.03. The van der Waals surface area contributed by atoms with Crippen molar-refractivity contribution < 1.29 is 9.90 Å². The summed E-state index contributed by atoms with van der Waals surface area (Å²) < 4.78 is -1.51. The van der Waals surface area contributed by atoms with Crippen molar-refractivity contribution >= 4 is 40.6 Å². The number of hydrogen-bond acceptors (Lipinski definition) is 2. The van der Waals surface area contributed by atoms with Crippen LogP contribution in [0.3, 0.4) is 0 Å². The van der Waals surface area contributed by atoms with Gasteiger partial charge in [0.2, 0.25) is 3.79 Å². The molecule has 1 aromatic carbocycles. The van der Waals surface area contributed by atoms with Gasteiger partial charge in [-0.1, -0.05) is 46.9 Å². The molecule has 0 aliphatic heterocycles. The summed E-state index contributed by atoms with van der Waals surface area (Å²) in [5.74, 6) is -0.0360. The third kappa shape index (κ3) is 4.14. The minimum atomic E-state index is -1.51. The van der Waals surface area contributed by atoms with Crippen LogP contribution in [0, 0.1) is 0 Å². The Hall–Kier alpha value is -0.280. The van der Waals surface area contributed by atoms with E-state index in [4.69, 9.17) is 39.9 Å². The van der Waals surface area contributed by atoms with Crippen molar-refractivity contribution in [2.24, 2.45) is 0 Å². The van der Waals surface area contributed by atoms with Crippen molar-refractivity contribution in [2.45, 2.75) is 23.6 Å². The number of aliphatic hydroxyl groups excluding tert-OH is 1. The maximum absolute atomic E-state index is 11.3. The zero-order valence-electron chi connectivity index (χ0n) is 9.34. The average Bonchev–Trinajstić information content (AvgIpc) is 2.24. The number of rotatable bonds is 4. The molecule has 2 nitrogen and oxygen atoms in total. The number of Topliss-reactive ketones (excluding diaryl/α,β-unsaturated/α-hetero) is 1. The van der Waals surface area contributed by atoms with Gasteiger partial charge in [-0.3, -0.25) is 4.79 Å². The number of carbonyl (C=O) groups excluding carboxylic acids is 1. The SMILES string of the molecule is CC(=O)c1ccc(C(Cl)(Cl)Cl)c(CCCO)c1. The highest BCUT2D eigenvalue weighted by Gasteiger charge is 2.26. The number of carbonyl (C=O) groups is 1. The summed E-state index contributed by atoms with van der Waals surface area (Å²) in [6, 6.07) is 5.01. The van der Waals surface area contributed by atoms with Crippen LogP contribution in [0.15, 0.2) is 18.2 Å². The van der Waals surface area contributed by atoms with Gasteiger partial charge in [0.15, 0.2) is 5.78 Å². The smallest absolute Gasteiger partial charge is 0.216 e. The van der Waals surface area contributed by atoms with E-state index in [1.807, 2.05) is 0 Å². The van der Waals surface area contributed by atoms with E-state index in [9.17, 15) is 4.79 Å². The lowest BCUT2D eigenvalue weighted by atomic mass is 9.99. The number of aliphatic hydroxyl groups is 1. The van der Waals surface area contributed by atoms with Crippen LogP contribution in [0.2, 0.25) is 0 Å². The Bertz CT molecular complexity index is 411. The maximum atomic E-state index is 11.3. The highest BCUT2D eigenvalue weighted by molar-refractivity contribution is 6.66. The fourth-order valence-electron chi connectivity index (χ4n) is 1.57. The molecule has 0 heterocycles. The molecule has 17 heavy (non-hydrogen) atoms. The highest BCUT2D eigenvalue weighted by Crippen LogP contribution is 2.40. The Balaban J connectivity index is 3.17. The van der Waals surface area contributed by atoms with Crippen LogP contribution in [0.25, 0.3) is 0 Å². The first-order valence-electron chi connectivity index (χ1n) is 5.18. The molecule has 94 valence electrons. The maximum Gasteiger partial charge on any atom is 0.216 e. The Labute approximate surface area is 115 Å². The molecular formula is C12H13Cl3O2. The Morgan fingerprint density at radius 3 is 2.47 bits per heavy atom. The molecule has 0 bridgehead atoms. The van der Waals surface area contributed by atoms with Crippen LogP contribution in [0.5, 0.6) is 0 Å². The van der Waals surface area contributed by atoms with Crippen LogP contribution in [0.1, 0.15) is 34.8 Å². The second-order valence-corrected chi connectivity index (χ2v) is 6.03. The summed E-state index contributed by atoms with van der Waals surface area (Å²) >= 11 is 17.6. The standard InChI is InChI=1S/C12H13Cl3O2/c1-8(17)9-4-5-11(12(13,14)15)10(7-9)3-2-6-16/h4-5,7,16H,2-3,6H2,1H3. The van der Waals surface area contributed by atoms with Crippen LogP contribution in [-0.4, -0.2) is 17.5 Å². The molecule has 0 spiro atoms. The predicted octanol–water partition coefficient (Wildman–Crippen LogP) is 3.64. The van der Waals surface area contributed by atoms with Gasteiger partial charge in [-0.25, -0.2) is 0 Å². The summed E-state index contributed by atoms with van der Waals surface area (Å²) in [6.45, 7) is 1.55. The molecule has 0 aromatic heterocycles. The van der Waals surface area contributed by atoms with Crippen LogP contribution in [0.4, 0.5) is 0 Å². The fraction of sp³-hybridized carbons (Fsp3) is 0.417. The summed E-state index contributed by atoms with van der Waals surface area (Å²) in [7, 11) is 0. The third-order valence-electron chi connectivity index (χ3n) is 2.42. The molecule has 1 N–H and O–H groups in total. The van der Waals surface area contributed by atoms with E-state index in [0.717, 1.165) is 5.56 Å². The molecular weight excluding hydrogens is 282 g/mol. The van der Waals surface area contributed by atoms with Crippen molar-refractivity contribution in [3.05, 3.63) is 34.9 Å². The van der Waals surface area contributed by atoms with Gasteiger partial charge in [0.25, 0.3) is 0 Å². The first kappa shape index (κ1) is 14.8. The van der Waals surface area contributed by atoms with E-state index < -0.39 is 3.79 Å². The molecule has 0 aliphatic rings. The second kappa shape index (κ2) is 6.05. The lowest BCUT2D eigenvalue weighted by Gasteiger charge is -2.17. The number of benzene rings is 1. The number of aryl methyl sites for hydroxylation is 1. The lowest BCUT2D eigenvalue weighted by molar-refractivity contribution is 0.101. The minimum Gasteiger partial charge on any atom is -0.396 e. The predicted molar refractivity (Wildman–Crippen MR) is 71.1 cm³/mol. The monoisotopic (exact) mass is 294 g/mol. The molecule has 0 saturated carbocycles. The fourth-order valence-corrected chi connectivity index (χ4v) is 2.12. The van der Waals surface area contributed by atoms with Crippen molar-refractivity contribution in [2.75, 3.05) is 6.61 Å². The molecule has 0 unspecified atom stereocenters. The Kier molecular flexibility index (Phi) is 5.26. The van der Waals surface area contributed by atoms with Crippen LogP contribution in [-0.2, 0) is 10.2 Å². The van der Waals surface area contributed by atoms with E-state index in [0.29, 0.717) is 24.0 Å². The number of ketones is 1. The van der Waals surface area contributed by atoms with Gasteiger partial charge < -0.3 is 5.11 Å². The van der Waals surface area contributed by atoms with Gasteiger partial charge in [0, 0.05) is 17.7 Å². The highest BCUT2D eigenvalue weighted by atomic mass is 35.6. The molecule has 0 amide bonds. The van der Waals surface area contributed by atoms with Gasteiger partial charge in [0.05, 0.1) is 0 Å². The summed E-state index contributed by atoms with van der Waals surface area (Å²) in [5, 5.41) is 8.83. The molecule has 1 aromatic rings. The second-order valence-electron chi connectivity index (χ2n) is 3.75. The zero-order valence-corrected chi connectivity index (χ0v) is 11.6. The van der Waals surface area contributed by atoms with Gasteiger partial charge in [-0.05, 0) is 31.4 Å². The van der Waals surface area contributed by atoms with Crippen LogP contribution >= 0.6 is 34.8 Å². The summed E-state index contributed by atoms with van der Waals surface area (Å²) in [5.41, 5.74) is 1.92.